The standard InChI is InChI=1S/C17H14ClNO2/c1-12(20)14-6-8-16(9-7-14)19-17(21)10-5-13-3-2-4-15(18)11-13/h2-11H,1H3,(H,19,21)/b10-5+. The molecule has 0 atom stereocenters. The van der Waals surface area contributed by atoms with Crippen molar-refractivity contribution < 1.29 is 9.59 Å². The summed E-state index contributed by atoms with van der Waals surface area (Å²) in [6.07, 6.45) is 3.12. The first-order chi connectivity index (χ1) is 10.0. The minimum absolute atomic E-state index is 0.00581. The summed E-state index contributed by atoms with van der Waals surface area (Å²) in [7, 11) is 0. The zero-order chi connectivity index (χ0) is 15.2. The molecule has 106 valence electrons. The molecule has 2 aromatic rings. The largest absolute Gasteiger partial charge is 0.323 e. The Kier molecular flexibility index (Phi) is 4.90. The van der Waals surface area contributed by atoms with Crippen molar-refractivity contribution in [3.63, 3.8) is 0 Å². The Morgan fingerprint density at radius 2 is 1.81 bits per heavy atom. The molecule has 0 heterocycles. The third kappa shape index (κ3) is 4.58. The number of amides is 1. The zero-order valence-corrected chi connectivity index (χ0v) is 12.2. The molecule has 0 aromatic heterocycles. The first-order valence-corrected chi connectivity index (χ1v) is 6.78. The second-order valence-corrected chi connectivity index (χ2v) is 4.95. The van der Waals surface area contributed by atoms with Crippen LogP contribution in [0.1, 0.15) is 22.8 Å². The smallest absolute Gasteiger partial charge is 0.248 e. The summed E-state index contributed by atoms with van der Waals surface area (Å²) in [4.78, 5) is 22.9. The summed E-state index contributed by atoms with van der Waals surface area (Å²) in [6, 6.07) is 14.0. The van der Waals surface area contributed by atoms with Crippen LogP contribution >= 0.6 is 11.6 Å². The maximum atomic E-state index is 11.8. The van der Waals surface area contributed by atoms with Gasteiger partial charge in [0.15, 0.2) is 5.78 Å². The molecule has 0 radical (unpaired) electrons. The number of nitrogens with one attached hydrogen (secondary N) is 1. The van der Waals surface area contributed by atoms with Gasteiger partial charge in [-0.15, -0.1) is 0 Å². The number of anilines is 1. The lowest BCUT2D eigenvalue weighted by Crippen LogP contribution is -2.07. The van der Waals surface area contributed by atoms with Gasteiger partial charge in [-0.1, -0.05) is 23.7 Å². The average molecular weight is 300 g/mol. The number of rotatable bonds is 4. The van der Waals surface area contributed by atoms with Gasteiger partial charge in [-0.25, -0.2) is 0 Å². The lowest BCUT2D eigenvalue weighted by Gasteiger charge is -2.03. The first-order valence-electron chi connectivity index (χ1n) is 6.40. The molecule has 1 N–H and O–H groups in total. The Morgan fingerprint density at radius 3 is 2.43 bits per heavy atom. The van der Waals surface area contributed by atoms with Crippen LogP contribution in [0, 0.1) is 0 Å². The summed E-state index contributed by atoms with van der Waals surface area (Å²) in [5, 5.41) is 3.35. The van der Waals surface area contributed by atoms with Gasteiger partial charge >= 0.3 is 0 Å². The molecule has 3 nitrogen and oxygen atoms in total. The third-order valence-electron chi connectivity index (χ3n) is 2.83. The number of carbonyl (C=O) groups excluding carboxylic acids is 2. The zero-order valence-electron chi connectivity index (χ0n) is 11.5. The Balaban J connectivity index is 1.99. The Bertz CT molecular complexity index is 690. The van der Waals surface area contributed by atoms with E-state index in [4.69, 9.17) is 11.6 Å². The van der Waals surface area contributed by atoms with Crippen LogP contribution in [-0.2, 0) is 4.79 Å². The molecule has 0 aliphatic carbocycles. The van der Waals surface area contributed by atoms with E-state index in [1.807, 2.05) is 12.1 Å². The van der Waals surface area contributed by atoms with E-state index in [2.05, 4.69) is 5.32 Å². The Hall–Kier alpha value is -2.39. The van der Waals surface area contributed by atoms with E-state index in [1.165, 1.54) is 13.0 Å². The molecular formula is C17H14ClNO2. The summed E-state index contributed by atoms with van der Waals surface area (Å²) >= 11 is 5.87. The molecule has 0 aliphatic rings. The van der Waals surface area contributed by atoms with Gasteiger partial charge in [0.2, 0.25) is 5.91 Å². The minimum atomic E-state index is -0.245. The number of ketones is 1. The van der Waals surface area contributed by atoms with Crippen molar-refractivity contribution in [1.29, 1.82) is 0 Å². The molecule has 0 saturated carbocycles. The van der Waals surface area contributed by atoms with Crippen molar-refractivity contribution in [3.8, 4) is 0 Å². The highest BCUT2D eigenvalue weighted by molar-refractivity contribution is 6.30. The van der Waals surface area contributed by atoms with Gasteiger partial charge in [-0.05, 0) is 55.0 Å². The summed E-state index contributed by atoms with van der Waals surface area (Å²) < 4.78 is 0. The number of hydrogen-bond donors (Lipinski definition) is 1. The highest BCUT2D eigenvalue weighted by atomic mass is 35.5. The molecule has 0 spiro atoms. The van der Waals surface area contributed by atoms with E-state index < -0.39 is 0 Å². The van der Waals surface area contributed by atoms with E-state index >= 15 is 0 Å². The molecule has 1 amide bonds. The first kappa shape index (κ1) is 15.0. The van der Waals surface area contributed by atoms with Crippen LogP contribution in [0.3, 0.4) is 0 Å². The molecule has 2 aromatic carbocycles. The van der Waals surface area contributed by atoms with Gasteiger partial charge in [0.25, 0.3) is 0 Å². The summed E-state index contributed by atoms with van der Waals surface area (Å²) in [5.41, 5.74) is 2.10. The van der Waals surface area contributed by atoms with Crippen molar-refractivity contribution in [2.24, 2.45) is 0 Å². The predicted octanol–water partition coefficient (Wildman–Crippen LogP) is 4.19. The lowest BCUT2D eigenvalue weighted by molar-refractivity contribution is -0.111. The number of benzene rings is 2. The van der Waals surface area contributed by atoms with Gasteiger partial charge in [-0.2, -0.15) is 0 Å². The molecule has 0 bridgehead atoms. The quantitative estimate of drug-likeness (QED) is 0.679. The molecule has 0 saturated heterocycles. The SMILES string of the molecule is CC(=O)c1ccc(NC(=O)/C=C/c2cccc(Cl)c2)cc1. The van der Waals surface area contributed by atoms with E-state index in [1.54, 1.807) is 42.5 Å². The van der Waals surface area contributed by atoms with Crippen molar-refractivity contribution in [1.82, 2.24) is 0 Å². The topological polar surface area (TPSA) is 46.2 Å². The Morgan fingerprint density at radius 1 is 1.10 bits per heavy atom. The second kappa shape index (κ2) is 6.86. The number of hydrogen-bond acceptors (Lipinski definition) is 2. The van der Waals surface area contributed by atoms with Gasteiger partial charge in [0.1, 0.15) is 0 Å². The van der Waals surface area contributed by atoms with Crippen LogP contribution in [0.2, 0.25) is 5.02 Å². The van der Waals surface area contributed by atoms with Crippen molar-refractivity contribution in [2.75, 3.05) is 5.32 Å². The van der Waals surface area contributed by atoms with Crippen LogP contribution in [0.5, 0.6) is 0 Å². The molecule has 0 unspecified atom stereocenters. The fourth-order valence-corrected chi connectivity index (χ4v) is 1.95. The highest BCUT2D eigenvalue weighted by Crippen LogP contribution is 2.13. The molecule has 0 fully saturated rings. The molecule has 4 heteroatoms. The molecule has 21 heavy (non-hydrogen) atoms. The van der Waals surface area contributed by atoms with E-state index in [9.17, 15) is 9.59 Å². The maximum Gasteiger partial charge on any atom is 0.248 e. The lowest BCUT2D eigenvalue weighted by atomic mass is 10.1. The normalized spacial score (nSPS) is 10.6. The maximum absolute atomic E-state index is 11.8. The molecule has 0 aliphatic heterocycles. The fourth-order valence-electron chi connectivity index (χ4n) is 1.75. The Labute approximate surface area is 128 Å². The predicted molar refractivity (Wildman–Crippen MR) is 85.6 cm³/mol. The fraction of sp³-hybridized carbons (Fsp3) is 0.0588. The number of Topliss-reactive ketones (excluding diaryl/α,β-unsaturated/α-hetero) is 1. The van der Waals surface area contributed by atoms with Crippen molar-refractivity contribution in [2.45, 2.75) is 6.92 Å². The van der Waals surface area contributed by atoms with Crippen LogP contribution in [0.25, 0.3) is 6.08 Å². The third-order valence-corrected chi connectivity index (χ3v) is 3.07. The second-order valence-electron chi connectivity index (χ2n) is 4.51. The van der Waals surface area contributed by atoms with Gasteiger partial charge in [0, 0.05) is 22.3 Å². The van der Waals surface area contributed by atoms with Crippen molar-refractivity contribution in [3.05, 3.63) is 70.8 Å². The number of carbonyl (C=O) groups is 2. The van der Waals surface area contributed by atoms with E-state index in [0.29, 0.717) is 16.3 Å². The van der Waals surface area contributed by atoms with Crippen LogP contribution in [-0.4, -0.2) is 11.7 Å². The van der Waals surface area contributed by atoms with E-state index in [-0.39, 0.29) is 11.7 Å². The highest BCUT2D eigenvalue weighted by Gasteiger charge is 2.01. The summed E-state index contributed by atoms with van der Waals surface area (Å²) in [6.45, 7) is 1.50. The minimum Gasteiger partial charge on any atom is -0.323 e. The van der Waals surface area contributed by atoms with Gasteiger partial charge < -0.3 is 5.32 Å². The molecular weight excluding hydrogens is 286 g/mol. The van der Waals surface area contributed by atoms with E-state index in [0.717, 1.165) is 5.56 Å². The van der Waals surface area contributed by atoms with Crippen LogP contribution in [0.15, 0.2) is 54.6 Å². The summed E-state index contributed by atoms with van der Waals surface area (Å²) in [5.74, 6) is -0.251. The van der Waals surface area contributed by atoms with Gasteiger partial charge in [-0.3, -0.25) is 9.59 Å². The number of halogens is 1. The van der Waals surface area contributed by atoms with Crippen molar-refractivity contribution >= 4 is 35.1 Å². The average Bonchev–Trinajstić information content (AvgIpc) is 2.46. The van der Waals surface area contributed by atoms with Crippen LogP contribution in [0.4, 0.5) is 5.69 Å². The molecule has 2 rings (SSSR count). The van der Waals surface area contributed by atoms with Gasteiger partial charge in [0.05, 0.1) is 0 Å². The van der Waals surface area contributed by atoms with Crippen LogP contribution < -0.4 is 5.32 Å². The monoisotopic (exact) mass is 299 g/mol.